The Hall–Kier alpha value is -1.39. The van der Waals surface area contributed by atoms with E-state index in [0.717, 1.165) is 18.4 Å². The van der Waals surface area contributed by atoms with Crippen LogP contribution in [-0.4, -0.2) is 34.6 Å². The van der Waals surface area contributed by atoms with Crippen molar-refractivity contribution in [1.29, 1.82) is 0 Å². The van der Waals surface area contributed by atoms with Crippen molar-refractivity contribution in [3.8, 4) is 0 Å². The second-order valence-corrected chi connectivity index (χ2v) is 5.46. The van der Waals surface area contributed by atoms with E-state index in [2.05, 4.69) is 0 Å². The molecule has 4 nitrogen and oxygen atoms in total. The molecular formula is C14H18N2O2. The number of hydrogen-bond acceptors (Lipinski definition) is 3. The first kappa shape index (κ1) is 11.7. The van der Waals surface area contributed by atoms with Crippen LogP contribution in [0.25, 0.3) is 0 Å². The molecule has 1 saturated carbocycles. The summed E-state index contributed by atoms with van der Waals surface area (Å²) in [6.07, 6.45) is 2.17. The first-order chi connectivity index (χ1) is 8.60. The molecule has 0 unspecified atom stereocenters. The molecule has 1 aromatic carbocycles. The van der Waals surface area contributed by atoms with Crippen LogP contribution in [0.4, 0.5) is 0 Å². The van der Waals surface area contributed by atoms with E-state index in [-0.39, 0.29) is 5.91 Å². The highest BCUT2D eigenvalue weighted by Gasteiger charge is 2.53. The summed E-state index contributed by atoms with van der Waals surface area (Å²) >= 11 is 0. The van der Waals surface area contributed by atoms with Crippen LogP contribution in [-0.2, 0) is 4.79 Å². The first-order valence-corrected chi connectivity index (χ1v) is 6.42. The van der Waals surface area contributed by atoms with E-state index in [9.17, 15) is 9.90 Å². The summed E-state index contributed by atoms with van der Waals surface area (Å²) in [5.74, 6) is 0.307. The van der Waals surface area contributed by atoms with Crippen molar-refractivity contribution in [2.45, 2.75) is 24.5 Å². The molecule has 0 aromatic heterocycles. The molecule has 2 fully saturated rings. The van der Waals surface area contributed by atoms with E-state index in [1.165, 1.54) is 0 Å². The number of nitrogens with zero attached hydrogens (tertiary/aromatic N) is 1. The Bertz CT molecular complexity index is 450. The fourth-order valence-electron chi connectivity index (χ4n) is 2.65. The highest BCUT2D eigenvalue weighted by atomic mass is 16.3. The van der Waals surface area contributed by atoms with Crippen LogP contribution in [0.5, 0.6) is 0 Å². The maximum Gasteiger partial charge on any atom is 0.244 e. The lowest BCUT2D eigenvalue weighted by molar-refractivity contribution is -0.160. The summed E-state index contributed by atoms with van der Waals surface area (Å²) in [6.45, 7) is 0.883. The molecule has 3 N–H and O–H groups in total. The molecule has 2 aliphatic rings. The predicted octanol–water partition coefficient (Wildman–Crippen LogP) is 0.670. The first-order valence-electron chi connectivity index (χ1n) is 6.42. The minimum absolute atomic E-state index is 0.0912. The van der Waals surface area contributed by atoms with Crippen LogP contribution in [0.2, 0.25) is 0 Å². The smallest absolute Gasteiger partial charge is 0.244 e. The normalized spacial score (nSPS) is 23.3. The monoisotopic (exact) mass is 246 g/mol. The maximum atomic E-state index is 12.1. The molecule has 96 valence electrons. The van der Waals surface area contributed by atoms with Gasteiger partial charge in [0.2, 0.25) is 5.91 Å². The SMILES string of the molecule is N[C@@H](C(=O)N1CC(O)(C2CC2)C1)c1ccccc1. The number of carbonyl (C=O) groups excluding carboxylic acids is 1. The van der Waals surface area contributed by atoms with Gasteiger partial charge in [0.25, 0.3) is 0 Å². The van der Waals surface area contributed by atoms with Gasteiger partial charge in [-0.1, -0.05) is 30.3 Å². The Balaban J connectivity index is 1.63. The molecule has 1 aliphatic carbocycles. The summed E-state index contributed by atoms with van der Waals surface area (Å²) in [4.78, 5) is 13.8. The molecule has 0 bridgehead atoms. The predicted molar refractivity (Wildman–Crippen MR) is 67.6 cm³/mol. The van der Waals surface area contributed by atoms with Crippen LogP contribution in [0.3, 0.4) is 0 Å². The Kier molecular flexibility index (Phi) is 2.64. The standard InChI is InChI=1S/C14H18N2O2/c15-12(10-4-2-1-3-5-10)13(17)16-8-14(18,9-16)11-6-7-11/h1-5,11-12,18H,6-9,15H2/t12-/m1/s1. The molecule has 1 amide bonds. The average Bonchev–Trinajstić information content (AvgIpc) is 3.19. The Morgan fingerprint density at radius 2 is 1.94 bits per heavy atom. The van der Waals surface area contributed by atoms with E-state index in [1.807, 2.05) is 30.3 Å². The Morgan fingerprint density at radius 1 is 1.33 bits per heavy atom. The molecule has 1 atom stereocenters. The van der Waals surface area contributed by atoms with Crippen LogP contribution in [0, 0.1) is 5.92 Å². The van der Waals surface area contributed by atoms with Crippen molar-refractivity contribution < 1.29 is 9.90 Å². The van der Waals surface area contributed by atoms with Crippen LogP contribution >= 0.6 is 0 Å². The minimum atomic E-state index is -0.633. The van der Waals surface area contributed by atoms with E-state index < -0.39 is 11.6 Å². The van der Waals surface area contributed by atoms with Gasteiger partial charge in [-0.3, -0.25) is 4.79 Å². The number of carbonyl (C=O) groups is 1. The van der Waals surface area contributed by atoms with Crippen molar-refractivity contribution in [2.24, 2.45) is 11.7 Å². The summed E-state index contributed by atoms with van der Waals surface area (Å²) in [6, 6.07) is 8.74. The molecule has 0 radical (unpaired) electrons. The third-order valence-electron chi connectivity index (χ3n) is 4.00. The molecule has 3 rings (SSSR count). The molecule has 0 spiro atoms. The third-order valence-corrected chi connectivity index (χ3v) is 4.00. The Labute approximate surface area is 106 Å². The van der Waals surface area contributed by atoms with E-state index in [0.29, 0.717) is 19.0 Å². The van der Waals surface area contributed by atoms with Gasteiger partial charge in [-0.15, -0.1) is 0 Å². The quantitative estimate of drug-likeness (QED) is 0.823. The summed E-state index contributed by atoms with van der Waals surface area (Å²) in [5, 5.41) is 10.2. The average molecular weight is 246 g/mol. The van der Waals surface area contributed by atoms with Gasteiger partial charge in [0, 0.05) is 0 Å². The van der Waals surface area contributed by atoms with Crippen LogP contribution in [0.1, 0.15) is 24.4 Å². The van der Waals surface area contributed by atoms with Gasteiger partial charge in [0.15, 0.2) is 0 Å². The van der Waals surface area contributed by atoms with Gasteiger partial charge in [-0.05, 0) is 24.3 Å². The number of likely N-dealkylation sites (tertiary alicyclic amines) is 1. The number of nitrogens with two attached hydrogens (primary N) is 1. The number of β-amino-alcohol motifs (C(OH)–C–C–N with tert-alkyl or cyclic N) is 1. The number of amides is 1. The van der Waals surface area contributed by atoms with Crippen molar-refractivity contribution in [2.75, 3.05) is 13.1 Å². The summed E-state index contributed by atoms with van der Waals surface area (Å²) in [5.41, 5.74) is 6.15. The number of aliphatic hydroxyl groups is 1. The Morgan fingerprint density at radius 3 is 2.50 bits per heavy atom. The van der Waals surface area contributed by atoms with Gasteiger partial charge in [0.1, 0.15) is 11.6 Å². The van der Waals surface area contributed by atoms with Crippen LogP contribution < -0.4 is 5.73 Å². The second-order valence-electron chi connectivity index (χ2n) is 5.46. The lowest BCUT2D eigenvalue weighted by atomic mass is 9.88. The van der Waals surface area contributed by atoms with Crippen molar-refractivity contribution >= 4 is 5.91 Å². The molecule has 1 aliphatic heterocycles. The van der Waals surface area contributed by atoms with Gasteiger partial charge in [-0.2, -0.15) is 0 Å². The summed E-state index contributed by atoms with van der Waals surface area (Å²) in [7, 11) is 0. The van der Waals surface area contributed by atoms with Gasteiger partial charge >= 0.3 is 0 Å². The zero-order valence-corrected chi connectivity index (χ0v) is 10.2. The highest BCUT2D eigenvalue weighted by molar-refractivity contribution is 5.84. The topological polar surface area (TPSA) is 66.6 Å². The van der Waals surface area contributed by atoms with E-state index in [4.69, 9.17) is 5.73 Å². The number of hydrogen-bond donors (Lipinski definition) is 2. The van der Waals surface area contributed by atoms with Crippen molar-refractivity contribution in [1.82, 2.24) is 4.90 Å². The molecule has 1 heterocycles. The fraction of sp³-hybridized carbons (Fsp3) is 0.500. The molecule has 18 heavy (non-hydrogen) atoms. The molecule has 1 aromatic rings. The largest absolute Gasteiger partial charge is 0.386 e. The highest BCUT2D eigenvalue weighted by Crippen LogP contribution is 2.44. The number of benzene rings is 1. The van der Waals surface area contributed by atoms with Gasteiger partial charge < -0.3 is 15.7 Å². The van der Waals surface area contributed by atoms with Gasteiger partial charge in [0.05, 0.1) is 13.1 Å². The molecule has 4 heteroatoms. The van der Waals surface area contributed by atoms with Crippen molar-refractivity contribution in [3.05, 3.63) is 35.9 Å². The summed E-state index contributed by atoms with van der Waals surface area (Å²) < 4.78 is 0. The van der Waals surface area contributed by atoms with Gasteiger partial charge in [-0.25, -0.2) is 0 Å². The second kappa shape index (κ2) is 4.07. The van der Waals surface area contributed by atoms with Crippen LogP contribution in [0.15, 0.2) is 30.3 Å². The fourth-order valence-corrected chi connectivity index (χ4v) is 2.65. The van der Waals surface area contributed by atoms with E-state index in [1.54, 1.807) is 4.90 Å². The maximum absolute atomic E-state index is 12.1. The zero-order chi connectivity index (χ0) is 12.8. The number of rotatable bonds is 3. The lowest BCUT2D eigenvalue weighted by Gasteiger charge is -2.47. The molecule has 1 saturated heterocycles. The van der Waals surface area contributed by atoms with E-state index >= 15 is 0 Å². The zero-order valence-electron chi connectivity index (χ0n) is 10.2. The molecular weight excluding hydrogens is 228 g/mol. The minimum Gasteiger partial charge on any atom is -0.386 e. The lowest BCUT2D eigenvalue weighted by Crippen LogP contribution is -2.65. The third kappa shape index (κ3) is 1.91. The van der Waals surface area contributed by atoms with Crippen molar-refractivity contribution in [3.63, 3.8) is 0 Å².